The van der Waals surface area contributed by atoms with E-state index in [1.165, 1.54) is 0 Å². The molecule has 0 saturated carbocycles. The number of fused-ring (bicyclic) bond motifs is 1. The molecule has 1 aliphatic rings. The highest BCUT2D eigenvalue weighted by molar-refractivity contribution is 5.45. The van der Waals surface area contributed by atoms with Crippen LogP contribution in [0.4, 0.5) is 0 Å². The molecule has 0 aromatic heterocycles. The maximum absolute atomic E-state index is 7.07. The number of hydrogen-bond acceptors (Lipinski definition) is 4. The molecule has 1 aromatic rings. The summed E-state index contributed by atoms with van der Waals surface area (Å²) in [5, 5.41) is 0. The molecule has 76 valence electrons. The van der Waals surface area contributed by atoms with Crippen molar-refractivity contribution in [1.82, 2.24) is 0 Å². The number of methoxy groups -OCH3 is 1. The first-order valence-corrected chi connectivity index (χ1v) is 4.27. The summed E-state index contributed by atoms with van der Waals surface area (Å²) in [5.74, 6) is 1.22. The summed E-state index contributed by atoms with van der Waals surface area (Å²) in [6.45, 7) is 0.254. The molecule has 0 fully saturated rings. The van der Waals surface area contributed by atoms with Crippen LogP contribution in [0.2, 0.25) is 0 Å². The van der Waals surface area contributed by atoms with Crippen LogP contribution in [0.15, 0.2) is 18.2 Å². The number of benzene rings is 1. The predicted molar refractivity (Wildman–Crippen MR) is 51.4 cm³/mol. The van der Waals surface area contributed by atoms with Gasteiger partial charge in [-0.25, -0.2) is 0 Å². The van der Waals surface area contributed by atoms with E-state index in [0.717, 1.165) is 0 Å². The first-order valence-electron chi connectivity index (χ1n) is 5.77. The van der Waals surface area contributed by atoms with Gasteiger partial charge in [0.05, 0.1) is 10.2 Å². The second-order valence-electron chi connectivity index (χ2n) is 2.95. The summed E-state index contributed by atoms with van der Waals surface area (Å²) in [4.78, 5) is 0. The zero-order chi connectivity index (χ0) is 12.5. The van der Waals surface area contributed by atoms with Crippen molar-refractivity contribution in [3.8, 4) is 11.5 Å². The summed E-state index contributed by atoms with van der Waals surface area (Å²) < 4.78 is 36.5. The molecule has 0 bridgehead atoms. The summed E-state index contributed by atoms with van der Waals surface area (Å²) in [6.07, 6.45) is -0.683. The van der Waals surface area contributed by atoms with Crippen molar-refractivity contribution in [3.63, 3.8) is 0 Å². The van der Waals surface area contributed by atoms with Crippen molar-refractivity contribution < 1.29 is 18.3 Å². The van der Waals surface area contributed by atoms with Gasteiger partial charge in [0.1, 0.15) is 0 Å². The minimum Gasteiger partial charge on any atom is -0.454 e. The van der Waals surface area contributed by atoms with Crippen LogP contribution in [0.1, 0.15) is 15.8 Å². The van der Waals surface area contributed by atoms with Crippen LogP contribution >= 0.6 is 0 Å². The minimum absolute atomic E-state index is 0.0814. The van der Waals surface area contributed by atoms with E-state index in [9.17, 15) is 0 Å². The van der Waals surface area contributed by atoms with Gasteiger partial charge in [-0.1, -0.05) is 6.07 Å². The molecular weight excluding hydrogens is 182 g/mol. The Morgan fingerprint density at radius 2 is 2.43 bits per heavy atom. The lowest BCUT2D eigenvalue weighted by molar-refractivity contribution is 0.110. The SMILES string of the molecule is [2H]C([2H])([2H])OC(CN)c1ccc2c(c1)OCO2. The largest absolute Gasteiger partial charge is 0.454 e. The van der Waals surface area contributed by atoms with Crippen LogP contribution in [0.25, 0.3) is 0 Å². The third-order valence-corrected chi connectivity index (χ3v) is 2.12. The van der Waals surface area contributed by atoms with Crippen molar-refractivity contribution in [3.05, 3.63) is 23.8 Å². The van der Waals surface area contributed by atoms with E-state index < -0.39 is 13.1 Å². The Bertz CT molecular complexity index is 408. The number of rotatable bonds is 3. The van der Waals surface area contributed by atoms with E-state index in [1.54, 1.807) is 18.2 Å². The normalized spacial score (nSPS) is 19.6. The molecule has 1 atom stereocenters. The van der Waals surface area contributed by atoms with Crippen LogP contribution in [0, 0.1) is 0 Å². The fourth-order valence-corrected chi connectivity index (χ4v) is 1.37. The molecule has 1 aliphatic heterocycles. The second kappa shape index (κ2) is 3.86. The standard InChI is InChI=1S/C10H13NO3/c1-12-10(5-11)7-2-3-8-9(4-7)14-6-13-8/h2-4,10H,5-6,11H2,1H3/i1D3. The molecule has 2 N–H and O–H groups in total. The van der Waals surface area contributed by atoms with Gasteiger partial charge in [-0.15, -0.1) is 0 Å². The summed E-state index contributed by atoms with van der Waals surface area (Å²) in [7, 11) is -2.47. The van der Waals surface area contributed by atoms with Gasteiger partial charge >= 0.3 is 0 Å². The van der Waals surface area contributed by atoms with Gasteiger partial charge in [0, 0.05) is 13.6 Å². The van der Waals surface area contributed by atoms with Gasteiger partial charge in [0.25, 0.3) is 0 Å². The molecule has 2 rings (SSSR count). The van der Waals surface area contributed by atoms with Crippen molar-refractivity contribution >= 4 is 0 Å². The Morgan fingerprint density at radius 1 is 1.57 bits per heavy atom. The number of ether oxygens (including phenoxy) is 3. The Labute approximate surface area is 86.8 Å². The average Bonchev–Trinajstić information content (AvgIpc) is 2.71. The Hall–Kier alpha value is -1.26. The van der Waals surface area contributed by atoms with Crippen LogP contribution in [-0.2, 0) is 4.74 Å². The highest BCUT2D eigenvalue weighted by atomic mass is 16.7. The van der Waals surface area contributed by atoms with Crippen LogP contribution in [0.3, 0.4) is 0 Å². The topological polar surface area (TPSA) is 53.7 Å². The molecule has 4 heteroatoms. The molecule has 4 nitrogen and oxygen atoms in total. The van der Waals surface area contributed by atoms with E-state index in [1.807, 2.05) is 0 Å². The number of nitrogens with two attached hydrogens (primary N) is 1. The summed E-state index contributed by atoms with van der Waals surface area (Å²) >= 11 is 0. The van der Waals surface area contributed by atoms with E-state index in [4.69, 9.17) is 24.1 Å². The monoisotopic (exact) mass is 198 g/mol. The predicted octanol–water partition coefficient (Wildman–Crippen LogP) is 1.06. The molecule has 0 radical (unpaired) electrons. The smallest absolute Gasteiger partial charge is 0.231 e. The number of hydrogen-bond donors (Lipinski definition) is 1. The Kier molecular flexibility index (Phi) is 1.73. The Balaban J connectivity index is 2.20. The minimum atomic E-state index is -2.47. The third kappa shape index (κ3) is 1.54. The highest BCUT2D eigenvalue weighted by Crippen LogP contribution is 2.34. The lowest BCUT2D eigenvalue weighted by Gasteiger charge is -2.13. The van der Waals surface area contributed by atoms with E-state index >= 15 is 0 Å². The second-order valence-corrected chi connectivity index (χ2v) is 2.95. The van der Waals surface area contributed by atoms with Crippen molar-refractivity contribution in [1.29, 1.82) is 0 Å². The van der Waals surface area contributed by atoms with Crippen LogP contribution in [-0.4, -0.2) is 20.4 Å². The maximum atomic E-state index is 7.07. The van der Waals surface area contributed by atoms with Crippen molar-refractivity contribution in [2.24, 2.45) is 5.73 Å². The zero-order valence-corrected chi connectivity index (χ0v) is 7.53. The molecule has 0 saturated heterocycles. The van der Waals surface area contributed by atoms with Gasteiger partial charge in [0.15, 0.2) is 11.5 Å². The third-order valence-electron chi connectivity index (χ3n) is 2.12. The average molecular weight is 198 g/mol. The maximum Gasteiger partial charge on any atom is 0.231 e. The fourth-order valence-electron chi connectivity index (χ4n) is 1.37. The first-order chi connectivity index (χ1) is 7.99. The molecular formula is C10H13NO3. The summed E-state index contributed by atoms with van der Waals surface area (Å²) in [5.41, 5.74) is 6.17. The zero-order valence-electron chi connectivity index (χ0n) is 10.5. The fraction of sp³-hybridized carbons (Fsp3) is 0.400. The molecule has 1 heterocycles. The van der Waals surface area contributed by atoms with Crippen molar-refractivity contribution in [2.75, 3.05) is 20.4 Å². The highest BCUT2D eigenvalue weighted by Gasteiger charge is 2.16. The van der Waals surface area contributed by atoms with Crippen molar-refractivity contribution in [2.45, 2.75) is 6.10 Å². The molecule has 1 aromatic carbocycles. The quantitative estimate of drug-likeness (QED) is 0.789. The van der Waals surface area contributed by atoms with Crippen LogP contribution in [0.5, 0.6) is 11.5 Å². The Morgan fingerprint density at radius 3 is 3.21 bits per heavy atom. The van der Waals surface area contributed by atoms with Gasteiger partial charge in [-0.3, -0.25) is 0 Å². The molecule has 0 spiro atoms. The van der Waals surface area contributed by atoms with Gasteiger partial charge in [-0.05, 0) is 17.7 Å². The lowest BCUT2D eigenvalue weighted by Crippen LogP contribution is -2.13. The van der Waals surface area contributed by atoms with E-state index in [-0.39, 0.29) is 13.3 Å². The first kappa shape index (κ1) is 6.27. The van der Waals surface area contributed by atoms with Gasteiger partial charge in [0.2, 0.25) is 6.79 Å². The molecule has 0 amide bonds. The van der Waals surface area contributed by atoms with E-state index in [2.05, 4.69) is 0 Å². The van der Waals surface area contributed by atoms with Gasteiger partial charge < -0.3 is 19.9 Å². The molecule has 0 aliphatic carbocycles. The summed E-state index contributed by atoms with van der Waals surface area (Å²) in [6, 6.07) is 5.12. The van der Waals surface area contributed by atoms with Crippen LogP contribution < -0.4 is 15.2 Å². The van der Waals surface area contributed by atoms with Gasteiger partial charge in [-0.2, -0.15) is 0 Å². The lowest BCUT2D eigenvalue weighted by atomic mass is 10.1. The molecule has 1 unspecified atom stereocenters. The molecule has 14 heavy (non-hydrogen) atoms. The van der Waals surface area contributed by atoms with E-state index in [0.29, 0.717) is 17.1 Å².